The lowest BCUT2D eigenvalue weighted by molar-refractivity contribution is -0.119. The Morgan fingerprint density at radius 3 is 2.60 bits per heavy atom. The molecule has 0 saturated carbocycles. The molecule has 0 saturated heterocycles. The van der Waals surface area contributed by atoms with E-state index < -0.39 is 0 Å². The smallest absolute Gasteiger partial charge is 0.171 e. The number of thiophene rings is 1. The molecule has 0 aliphatic carbocycles. The van der Waals surface area contributed by atoms with Gasteiger partial charge in [0.05, 0.1) is 6.04 Å². The minimum absolute atomic E-state index is 0.126. The van der Waals surface area contributed by atoms with Gasteiger partial charge in [-0.15, -0.1) is 11.3 Å². The summed E-state index contributed by atoms with van der Waals surface area (Å²) in [4.78, 5) is 1.15. The highest BCUT2D eigenvalue weighted by molar-refractivity contribution is 7.10. The van der Waals surface area contributed by atoms with Crippen molar-refractivity contribution < 1.29 is 9.47 Å². The summed E-state index contributed by atoms with van der Waals surface area (Å²) in [6.45, 7) is 2.76. The Bertz CT molecular complexity index is 287. The Kier molecular flexibility index (Phi) is 5.04. The van der Waals surface area contributed by atoms with E-state index in [0.29, 0.717) is 0 Å². The molecular weight excluding hydrogens is 212 g/mol. The number of methoxy groups -OCH3 is 2. The maximum Gasteiger partial charge on any atom is 0.171 e. The third-order valence-electron chi connectivity index (χ3n) is 2.24. The molecule has 0 aliphatic heterocycles. The van der Waals surface area contributed by atoms with Crippen molar-refractivity contribution in [3.63, 3.8) is 0 Å². The van der Waals surface area contributed by atoms with Gasteiger partial charge < -0.3 is 20.5 Å². The van der Waals surface area contributed by atoms with Gasteiger partial charge in [-0.1, -0.05) is 0 Å². The van der Waals surface area contributed by atoms with Crippen LogP contribution in [0.2, 0.25) is 0 Å². The average Bonchev–Trinajstić information content (AvgIpc) is 2.63. The molecule has 86 valence electrons. The van der Waals surface area contributed by atoms with E-state index in [1.807, 2.05) is 18.4 Å². The molecule has 0 aromatic carbocycles. The Morgan fingerprint density at radius 2 is 2.13 bits per heavy atom. The van der Waals surface area contributed by atoms with Gasteiger partial charge in [0.2, 0.25) is 0 Å². The Morgan fingerprint density at radius 1 is 1.47 bits per heavy atom. The molecule has 0 radical (unpaired) electrons. The first kappa shape index (κ1) is 12.4. The summed E-state index contributed by atoms with van der Waals surface area (Å²) in [5.41, 5.74) is 6.61. The topological polar surface area (TPSA) is 56.5 Å². The van der Waals surface area contributed by atoms with Gasteiger partial charge in [0.1, 0.15) is 0 Å². The van der Waals surface area contributed by atoms with Crippen LogP contribution in [0.15, 0.2) is 11.4 Å². The van der Waals surface area contributed by atoms with Crippen molar-refractivity contribution in [3.05, 3.63) is 16.3 Å². The molecule has 5 heteroatoms. The number of hydrogen-bond acceptors (Lipinski definition) is 5. The van der Waals surface area contributed by atoms with Gasteiger partial charge in [-0.3, -0.25) is 0 Å². The average molecular weight is 230 g/mol. The molecule has 4 nitrogen and oxygen atoms in total. The van der Waals surface area contributed by atoms with Crippen LogP contribution in [0.5, 0.6) is 0 Å². The van der Waals surface area contributed by atoms with Crippen molar-refractivity contribution in [2.75, 3.05) is 20.0 Å². The molecule has 1 aromatic heterocycles. The van der Waals surface area contributed by atoms with Crippen LogP contribution in [0.3, 0.4) is 0 Å². The molecule has 1 rings (SSSR count). The molecule has 1 aromatic rings. The zero-order chi connectivity index (χ0) is 11.3. The van der Waals surface area contributed by atoms with E-state index in [9.17, 15) is 0 Å². The maximum atomic E-state index is 5.78. The van der Waals surface area contributed by atoms with Crippen LogP contribution in [0.4, 0.5) is 5.69 Å². The first-order valence-electron chi connectivity index (χ1n) is 4.79. The number of nitrogens with two attached hydrogens (primary N) is 1. The fourth-order valence-electron chi connectivity index (χ4n) is 1.35. The van der Waals surface area contributed by atoms with Crippen molar-refractivity contribution in [1.82, 2.24) is 5.32 Å². The second-order valence-corrected chi connectivity index (χ2v) is 4.31. The quantitative estimate of drug-likeness (QED) is 0.726. The third-order valence-corrected chi connectivity index (χ3v) is 3.17. The van der Waals surface area contributed by atoms with E-state index in [1.165, 1.54) is 0 Å². The number of nitrogen functional groups attached to an aromatic ring is 1. The van der Waals surface area contributed by atoms with Crippen LogP contribution in [0.25, 0.3) is 0 Å². The Labute approximate surface area is 94.4 Å². The van der Waals surface area contributed by atoms with E-state index in [0.717, 1.165) is 17.1 Å². The summed E-state index contributed by atoms with van der Waals surface area (Å²) >= 11 is 1.65. The SMILES string of the molecule is COC(OC)C(C)NCc1sccc1N. The second kappa shape index (κ2) is 6.07. The predicted octanol–water partition coefficient (Wildman–Crippen LogP) is 1.43. The molecule has 1 unspecified atom stereocenters. The van der Waals surface area contributed by atoms with Crippen LogP contribution < -0.4 is 11.1 Å². The van der Waals surface area contributed by atoms with E-state index in [-0.39, 0.29) is 12.3 Å². The third kappa shape index (κ3) is 3.46. The van der Waals surface area contributed by atoms with Crippen molar-refractivity contribution in [1.29, 1.82) is 0 Å². The lowest BCUT2D eigenvalue weighted by atomic mass is 10.3. The van der Waals surface area contributed by atoms with Gasteiger partial charge >= 0.3 is 0 Å². The summed E-state index contributed by atoms with van der Waals surface area (Å²) in [7, 11) is 3.26. The van der Waals surface area contributed by atoms with Gasteiger partial charge in [-0.05, 0) is 18.4 Å². The minimum Gasteiger partial charge on any atom is -0.398 e. The molecule has 0 bridgehead atoms. The Hall–Kier alpha value is -0.620. The van der Waals surface area contributed by atoms with Crippen LogP contribution in [-0.2, 0) is 16.0 Å². The minimum atomic E-state index is -0.230. The van der Waals surface area contributed by atoms with Gasteiger partial charge in [-0.2, -0.15) is 0 Å². The fraction of sp³-hybridized carbons (Fsp3) is 0.600. The molecule has 0 amide bonds. The summed E-state index contributed by atoms with van der Waals surface area (Å²) in [6.07, 6.45) is -0.230. The fourth-order valence-corrected chi connectivity index (χ4v) is 2.10. The largest absolute Gasteiger partial charge is 0.398 e. The van der Waals surface area contributed by atoms with Gasteiger partial charge in [-0.25, -0.2) is 0 Å². The van der Waals surface area contributed by atoms with E-state index in [4.69, 9.17) is 15.2 Å². The first-order valence-corrected chi connectivity index (χ1v) is 5.67. The molecule has 1 heterocycles. The monoisotopic (exact) mass is 230 g/mol. The molecule has 0 aliphatic rings. The summed E-state index contributed by atoms with van der Waals surface area (Å²) < 4.78 is 10.3. The first-order chi connectivity index (χ1) is 7.19. The van der Waals surface area contributed by atoms with Gasteiger partial charge in [0.15, 0.2) is 6.29 Å². The molecule has 0 spiro atoms. The van der Waals surface area contributed by atoms with Crippen LogP contribution in [0, 0.1) is 0 Å². The molecular formula is C10H18N2O2S. The van der Waals surface area contributed by atoms with Crippen LogP contribution in [0.1, 0.15) is 11.8 Å². The lowest BCUT2D eigenvalue weighted by Crippen LogP contribution is -2.39. The maximum absolute atomic E-state index is 5.78. The highest BCUT2D eigenvalue weighted by atomic mass is 32.1. The van der Waals surface area contributed by atoms with Crippen molar-refractivity contribution >= 4 is 17.0 Å². The molecule has 0 fully saturated rings. The van der Waals surface area contributed by atoms with Crippen LogP contribution in [-0.4, -0.2) is 26.6 Å². The summed E-state index contributed by atoms with van der Waals surface area (Å²) in [5, 5.41) is 5.30. The highest BCUT2D eigenvalue weighted by Gasteiger charge is 2.15. The number of hydrogen-bond donors (Lipinski definition) is 2. The number of ether oxygens (including phenoxy) is 2. The number of nitrogens with one attached hydrogen (secondary N) is 1. The summed E-state index contributed by atoms with van der Waals surface area (Å²) in [6, 6.07) is 2.04. The zero-order valence-corrected chi connectivity index (χ0v) is 10.1. The highest BCUT2D eigenvalue weighted by Crippen LogP contribution is 2.18. The Balaban J connectivity index is 2.40. The lowest BCUT2D eigenvalue weighted by Gasteiger charge is -2.21. The zero-order valence-electron chi connectivity index (χ0n) is 9.32. The predicted molar refractivity (Wildman–Crippen MR) is 62.8 cm³/mol. The van der Waals surface area contributed by atoms with Gasteiger partial charge in [0, 0.05) is 31.3 Å². The second-order valence-electron chi connectivity index (χ2n) is 3.31. The van der Waals surface area contributed by atoms with E-state index in [2.05, 4.69) is 5.32 Å². The molecule has 15 heavy (non-hydrogen) atoms. The standard InChI is InChI=1S/C10H18N2O2S/c1-7(10(13-2)14-3)12-6-9-8(11)4-5-15-9/h4-5,7,10,12H,6,11H2,1-3H3. The van der Waals surface area contributed by atoms with E-state index >= 15 is 0 Å². The van der Waals surface area contributed by atoms with Crippen LogP contribution >= 0.6 is 11.3 Å². The molecule has 3 N–H and O–H groups in total. The number of anilines is 1. The summed E-state index contributed by atoms with van der Waals surface area (Å²) in [5.74, 6) is 0. The van der Waals surface area contributed by atoms with Crippen molar-refractivity contribution in [3.8, 4) is 0 Å². The van der Waals surface area contributed by atoms with E-state index in [1.54, 1.807) is 25.6 Å². The normalized spacial score (nSPS) is 13.3. The van der Waals surface area contributed by atoms with Crippen molar-refractivity contribution in [2.24, 2.45) is 0 Å². The molecule has 1 atom stereocenters. The number of rotatable bonds is 6. The van der Waals surface area contributed by atoms with Crippen molar-refractivity contribution in [2.45, 2.75) is 25.8 Å². The van der Waals surface area contributed by atoms with Gasteiger partial charge in [0.25, 0.3) is 0 Å².